The molecule has 0 heterocycles. The third-order valence-electron chi connectivity index (χ3n) is 2.28. The first kappa shape index (κ1) is 14.8. The van der Waals surface area contributed by atoms with Crippen LogP contribution in [0, 0.1) is 0 Å². The van der Waals surface area contributed by atoms with E-state index in [-0.39, 0.29) is 6.04 Å². The van der Waals surface area contributed by atoms with E-state index in [1.54, 1.807) is 32.0 Å². The molecule has 104 valence electrons. The summed E-state index contributed by atoms with van der Waals surface area (Å²) < 4.78 is 10.2. The van der Waals surface area contributed by atoms with E-state index >= 15 is 0 Å². The molecule has 19 heavy (non-hydrogen) atoms. The zero-order valence-electron chi connectivity index (χ0n) is 11.4. The van der Waals surface area contributed by atoms with Crippen LogP contribution >= 0.6 is 0 Å². The van der Waals surface area contributed by atoms with Crippen molar-refractivity contribution in [2.45, 2.75) is 19.9 Å². The van der Waals surface area contributed by atoms with Gasteiger partial charge in [0.1, 0.15) is 11.5 Å². The van der Waals surface area contributed by atoms with Gasteiger partial charge < -0.3 is 20.1 Å². The van der Waals surface area contributed by atoms with Crippen LogP contribution in [0.1, 0.15) is 13.8 Å². The van der Waals surface area contributed by atoms with Gasteiger partial charge in [0.25, 0.3) is 0 Å². The van der Waals surface area contributed by atoms with Crippen LogP contribution in [0.25, 0.3) is 0 Å². The number of anilines is 1. The fraction of sp³-hybridized carbons (Fsp3) is 0.385. The summed E-state index contributed by atoms with van der Waals surface area (Å²) in [5.74, 6) is -0.406. The number of nitrogens with one attached hydrogen (secondary N) is 2. The first-order chi connectivity index (χ1) is 8.97. The lowest BCUT2D eigenvalue weighted by molar-refractivity contribution is -0.136. The molecule has 0 aliphatic heterocycles. The van der Waals surface area contributed by atoms with Crippen molar-refractivity contribution in [3.05, 3.63) is 18.2 Å². The number of methoxy groups -OCH3 is 2. The maximum absolute atomic E-state index is 11.7. The highest BCUT2D eigenvalue weighted by Crippen LogP contribution is 2.28. The van der Waals surface area contributed by atoms with Crippen molar-refractivity contribution in [1.29, 1.82) is 0 Å². The SMILES string of the molecule is COc1ccc(NC(=O)C(=O)NC(C)C)c(OC)c1. The normalized spacial score (nSPS) is 9.95. The summed E-state index contributed by atoms with van der Waals surface area (Å²) >= 11 is 0. The Balaban J connectivity index is 2.81. The Labute approximate surface area is 112 Å². The lowest BCUT2D eigenvalue weighted by atomic mass is 10.2. The Kier molecular flexibility index (Phi) is 5.17. The molecule has 2 amide bonds. The standard InChI is InChI=1S/C13H18N2O4/c1-8(2)14-12(16)13(17)15-10-6-5-9(18-3)7-11(10)19-4/h5-8H,1-4H3,(H,14,16)(H,15,17). The van der Waals surface area contributed by atoms with Gasteiger partial charge in [-0.15, -0.1) is 0 Å². The number of carbonyl (C=O) groups excluding carboxylic acids is 2. The molecule has 1 aromatic carbocycles. The molecule has 0 aliphatic rings. The van der Waals surface area contributed by atoms with Gasteiger partial charge in [0.05, 0.1) is 19.9 Å². The molecule has 2 N–H and O–H groups in total. The molecule has 0 bridgehead atoms. The Hall–Kier alpha value is -2.24. The summed E-state index contributed by atoms with van der Waals surface area (Å²) in [7, 11) is 3.00. The smallest absolute Gasteiger partial charge is 0.313 e. The van der Waals surface area contributed by atoms with Gasteiger partial charge in [0, 0.05) is 12.1 Å². The largest absolute Gasteiger partial charge is 0.497 e. The van der Waals surface area contributed by atoms with Crippen molar-refractivity contribution in [2.75, 3.05) is 19.5 Å². The van der Waals surface area contributed by atoms with Crippen molar-refractivity contribution in [2.24, 2.45) is 0 Å². The quantitative estimate of drug-likeness (QED) is 0.802. The molecule has 6 nitrogen and oxygen atoms in total. The fourth-order valence-corrected chi connectivity index (χ4v) is 1.41. The summed E-state index contributed by atoms with van der Waals surface area (Å²) in [6.45, 7) is 3.55. The van der Waals surface area contributed by atoms with E-state index in [9.17, 15) is 9.59 Å². The first-order valence-corrected chi connectivity index (χ1v) is 5.81. The van der Waals surface area contributed by atoms with E-state index in [2.05, 4.69) is 10.6 Å². The van der Waals surface area contributed by atoms with Crippen molar-refractivity contribution in [1.82, 2.24) is 5.32 Å². The summed E-state index contributed by atoms with van der Waals surface area (Å²) in [4.78, 5) is 23.2. The monoisotopic (exact) mass is 266 g/mol. The maximum Gasteiger partial charge on any atom is 0.313 e. The van der Waals surface area contributed by atoms with E-state index < -0.39 is 11.8 Å². The molecule has 0 unspecified atom stereocenters. The molecule has 6 heteroatoms. The Morgan fingerprint density at radius 1 is 1.11 bits per heavy atom. The molecule has 0 saturated carbocycles. The highest BCUT2D eigenvalue weighted by Gasteiger charge is 2.16. The third kappa shape index (κ3) is 4.17. The highest BCUT2D eigenvalue weighted by atomic mass is 16.5. The number of carbonyl (C=O) groups is 2. The lowest BCUT2D eigenvalue weighted by Crippen LogP contribution is -2.39. The van der Waals surface area contributed by atoms with Gasteiger partial charge in [0.2, 0.25) is 0 Å². The van der Waals surface area contributed by atoms with Crippen LogP contribution in [0.3, 0.4) is 0 Å². The minimum atomic E-state index is -0.739. The van der Waals surface area contributed by atoms with Crippen molar-refractivity contribution in [3.8, 4) is 11.5 Å². The molecule has 0 atom stereocenters. The minimum absolute atomic E-state index is 0.101. The molecule has 1 rings (SSSR count). The summed E-state index contributed by atoms with van der Waals surface area (Å²) in [6, 6.07) is 4.79. The summed E-state index contributed by atoms with van der Waals surface area (Å²) in [5.41, 5.74) is 0.409. The van der Waals surface area contributed by atoms with Gasteiger partial charge in [-0.25, -0.2) is 0 Å². The van der Waals surface area contributed by atoms with Crippen LogP contribution in [-0.2, 0) is 9.59 Å². The predicted octanol–water partition coefficient (Wildman–Crippen LogP) is 1.17. The molecular weight excluding hydrogens is 248 g/mol. The predicted molar refractivity (Wildman–Crippen MR) is 71.5 cm³/mol. The minimum Gasteiger partial charge on any atom is -0.497 e. The van der Waals surface area contributed by atoms with E-state index in [1.807, 2.05) is 0 Å². The molecule has 0 radical (unpaired) electrons. The number of hydrogen-bond donors (Lipinski definition) is 2. The molecule has 0 aromatic heterocycles. The summed E-state index contributed by atoms with van der Waals surface area (Å²) in [6.07, 6.45) is 0. The van der Waals surface area contributed by atoms with Gasteiger partial charge >= 0.3 is 11.8 Å². The van der Waals surface area contributed by atoms with E-state index in [4.69, 9.17) is 9.47 Å². The summed E-state index contributed by atoms with van der Waals surface area (Å²) in [5, 5.41) is 4.99. The second kappa shape index (κ2) is 6.63. The first-order valence-electron chi connectivity index (χ1n) is 5.81. The van der Waals surface area contributed by atoms with Crippen molar-refractivity contribution in [3.63, 3.8) is 0 Å². The topological polar surface area (TPSA) is 76.7 Å². The number of benzene rings is 1. The van der Waals surface area contributed by atoms with E-state index in [0.717, 1.165) is 0 Å². The van der Waals surface area contributed by atoms with Gasteiger partial charge in [-0.2, -0.15) is 0 Å². The number of hydrogen-bond acceptors (Lipinski definition) is 4. The average molecular weight is 266 g/mol. The lowest BCUT2D eigenvalue weighted by Gasteiger charge is -2.12. The Morgan fingerprint density at radius 2 is 1.79 bits per heavy atom. The number of amides is 2. The Bertz CT molecular complexity index is 472. The van der Waals surface area contributed by atoms with Crippen molar-refractivity contribution >= 4 is 17.5 Å². The molecule has 0 spiro atoms. The van der Waals surface area contributed by atoms with Crippen LogP contribution < -0.4 is 20.1 Å². The van der Waals surface area contributed by atoms with Crippen LogP contribution in [0.5, 0.6) is 11.5 Å². The zero-order chi connectivity index (χ0) is 14.4. The van der Waals surface area contributed by atoms with Gasteiger partial charge in [-0.05, 0) is 26.0 Å². The average Bonchev–Trinajstić information content (AvgIpc) is 2.38. The second-order valence-corrected chi connectivity index (χ2v) is 4.15. The van der Waals surface area contributed by atoms with Crippen LogP contribution in [0.2, 0.25) is 0 Å². The maximum atomic E-state index is 11.7. The van der Waals surface area contributed by atoms with Gasteiger partial charge in [-0.1, -0.05) is 0 Å². The number of rotatable bonds is 4. The van der Waals surface area contributed by atoms with Crippen LogP contribution in [0.15, 0.2) is 18.2 Å². The molecule has 1 aromatic rings. The fourth-order valence-electron chi connectivity index (χ4n) is 1.41. The van der Waals surface area contributed by atoms with Crippen LogP contribution in [0.4, 0.5) is 5.69 Å². The van der Waals surface area contributed by atoms with E-state index in [1.165, 1.54) is 14.2 Å². The zero-order valence-corrected chi connectivity index (χ0v) is 11.4. The number of ether oxygens (including phenoxy) is 2. The molecule has 0 saturated heterocycles. The van der Waals surface area contributed by atoms with Crippen molar-refractivity contribution < 1.29 is 19.1 Å². The molecule has 0 aliphatic carbocycles. The second-order valence-electron chi connectivity index (χ2n) is 4.15. The van der Waals surface area contributed by atoms with Gasteiger partial charge in [0.15, 0.2) is 0 Å². The molecular formula is C13H18N2O4. The Morgan fingerprint density at radius 3 is 2.32 bits per heavy atom. The van der Waals surface area contributed by atoms with Crippen LogP contribution in [-0.4, -0.2) is 32.1 Å². The molecule has 0 fully saturated rings. The highest BCUT2D eigenvalue weighted by molar-refractivity contribution is 6.39. The van der Waals surface area contributed by atoms with Gasteiger partial charge in [-0.3, -0.25) is 9.59 Å². The van der Waals surface area contributed by atoms with E-state index in [0.29, 0.717) is 17.2 Å². The third-order valence-corrected chi connectivity index (χ3v) is 2.28.